The van der Waals surface area contributed by atoms with Gasteiger partial charge in [0.2, 0.25) is 0 Å². The van der Waals surface area contributed by atoms with E-state index in [2.05, 4.69) is 54.2 Å². The maximum atomic E-state index is 9.90. The van der Waals surface area contributed by atoms with Crippen LogP contribution in [0.4, 0.5) is 11.5 Å². The van der Waals surface area contributed by atoms with Crippen molar-refractivity contribution in [2.45, 2.75) is 25.3 Å². The summed E-state index contributed by atoms with van der Waals surface area (Å²) in [5.74, 6) is 1.92. The van der Waals surface area contributed by atoms with Crippen LogP contribution < -0.4 is 10.6 Å². The number of phenolic OH excluding ortho intramolecular Hbond substituents is 1. The molecule has 10 heteroatoms. The number of hydrogen-bond acceptors (Lipinski definition) is 7. The molecule has 8 nitrogen and oxygen atoms in total. The van der Waals surface area contributed by atoms with Gasteiger partial charge in [-0.3, -0.25) is 4.98 Å². The van der Waals surface area contributed by atoms with Crippen LogP contribution in [0.25, 0.3) is 5.65 Å². The number of benzene rings is 1. The number of nitrogens with one attached hydrogen (secondary N) is 2. The molecule has 1 aliphatic heterocycles. The maximum absolute atomic E-state index is 9.90. The van der Waals surface area contributed by atoms with Gasteiger partial charge in [-0.25, -0.2) is 4.98 Å². The third kappa shape index (κ3) is 5.21. The van der Waals surface area contributed by atoms with E-state index in [1.54, 1.807) is 24.5 Å². The lowest BCUT2D eigenvalue weighted by molar-refractivity contribution is 0.259. The molecule has 4 heterocycles. The second kappa shape index (κ2) is 10.1. The number of anilines is 2. The third-order valence-electron chi connectivity index (χ3n) is 6.10. The van der Waals surface area contributed by atoms with Crippen LogP contribution >= 0.6 is 27.5 Å². The highest BCUT2D eigenvalue weighted by molar-refractivity contribution is 9.10. The van der Waals surface area contributed by atoms with Crippen LogP contribution in [0.15, 0.2) is 71.9 Å². The van der Waals surface area contributed by atoms with Crippen LogP contribution in [0.2, 0.25) is 5.02 Å². The second-order valence-electron chi connectivity index (χ2n) is 8.53. The van der Waals surface area contributed by atoms with Gasteiger partial charge >= 0.3 is 0 Å². The van der Waals surface area contributed by atoms with Gasteiger partial charge in [0, 0.05) is 55.8 Å². The molecule has 1 saturated heterocycles. The van der Waals surface area contributed by atoms with E-state index in [9.17, 15) is 5.11 Å². The van der Waals surface area contributed by atoms with Gasteiger partial charge in [0.05, 0.1) is 27.2 Å². The fourth-order valence-corrected chi connectivity index (χ4v) is 4.75. The zero-order valence-electron chi connectivity index (χ0n) is 19.0. The number of halogens is 2. The summed E-state index contributed by atoms with van der Waals surface area (Å²) in [5.41, 5.74) is 3.62. The number of fused-ring (bicyclic) bond motifs is 1. The molecule has 1 atom stereocenters. The Hall–Kier alpha value is -3.30. The lowest BCUT2D eigenvalue weighted by Gasteiger charge is -2.35. The Morgan fingerprint density at radius 2 is 2.14 bits per heavy atom. The Bertz CT molecular complexity index is 1360. The van der Waals surface area contributed by atoms with Gasteiger partial charge in [-0.2, -0.15) is 9.61 Å². The lowest BCUT2D eigenvalue weighted by atomic mass is 9.94. The molecule has 0 amide bonds. The molecule has 1 aliphatic rings. The molecule has 35 heavy (non-hydrogen) atoms. The molecule has 0 aliphatic carbocycles. The van der Waals surface area contributed by atoms with Crippen LogP contribution in [-0.2, 0) is 6.54 Å². The van der Waals surface area contributed by atoms with E-state index in [-0.39, 0.29) is 11.7 Å². The molecule has 1 aromatic carbocycles. The van der Waals surface area contributed by atoms with Gasteiger partial charge in [0.25, 0.3) is 0 Å². The first-order chi connectivity index (χ1) is 17.0. The summed E-state index contributed by atoms with van der Waals surface area (Å²) in [4.78, 5) is 11.4. The predicted molar refractivity (Wildman–Crippen MR) is 142 cm³/mol. The van der Waals surface area contributed by atoms with Gasteiger partial charge in [-0.05, 0) is 52.5 Å². The summed E-state index contributed by atoms with van der Waals surface area (Å²) in [6, 6.07) is 11.1. The standard InChI is InChI=1S/C25H25BrClN7O/c1-16(31-19-6-7-21(27)23(35)10-19)33-9-3-5-18(15-33)22-11-24(29-13-17-4-2-8-28-12-17)34-25(32-22)20(26)14-30-34/h2,4,6-8,10-12,14,18,29,31,35H,1,3,5,9,13,15H2. The summed E-state index contributed by atoms with van der Waals surface area (Å²) in [7, 11) is 0. The van der Waals surface area contributed by atoms with Crippen molar-refractivity contribution in [1.82, 2.24) is 24.5 Å². The highest BCUT2D eigenvalue weighted by atomic mass is 79.9. The fourth-order valence-electron chi connectivity index (χ4n) is 4.29. The van der Waals surface area contributed by atoms with Crippen molar-refractivity contribution < 1.29 is 5.11 Å². The molecule has 1 fully saturated rings. The normalized spacial score (nSPS) is 15.8. The Morgan fingerprint density at radius 3 is 2.94 bits per heavy atom. The zero-order valence-corrected chi connectivity index (χ0v) is 21.3. The van der Waals surface area contributed by atoms with Gasteiger partial charge < -0.3 is 20.6 Å². The maximum Gasteiger partial charge on any atom is 0.171 e. The van der Waals surface area contributed by atoms with Crippen molar-refractivity contribution in [3.8, 4) is 5.75 Å². The molecule has 3 N–H and O–H groups in total. The van der Waals surface area contributed by atoms with Crippen molar-refractivity contribution in [1.29, 1.82) is 0 Å². The number of phenols is 1. The van der Waals surface area contributed by atoms with Crippen molar-refractivity contribution >= 4 is 44.7 Å². The van der Waals surface area contributed by atoms with E-state index >= 15 is 0 Å². The largest absolute Gasteiger partial charge is 0.506 e. The zero-order chi connectivity index (χ0) is 24.4. The van der Waals surface area contributed by atoms with Crippen LogP contribution in [0.3, 0.4) is 0 Å². The SMILES string of the molecule is C=C(Nc1ccc(Cl)c(O)c1)N1CCCC(c2cc(NCc3cccnc3)n3ncc(Br)c3n2)C1. The number of likely N-dealkylation sites (tertiary alicyclic amines) is 1. The van der Waals surface area contributed by atoms with Crippen molar-refractivity contribution in [2.75, 3.05) is 23.7 Å². The minimum Gasteiger partial charge on any atom is -0.506 e. The average Bonchev–Trinajstić information content (AvgIpc) is 3.26. The molecule has 5 rings (SSSR count). The predicted octanol–water partition coefficient (Wildman–Crippen LogP) is 5.62. The molecular formula is C25H25BrClN7O. The van der Waals surface area contributed by atoms with E-state index in [1.807, 2.05) is 28.9 Å². The second-order valence-corrected chi connectivity index (χ2v) is 9.79. The molecule has 0 saturated carbocycles. The first-order valence-electron chi connectivity index (χ1n) is 11.3. The molecule has 0 bridgehead atoms. The minimum absolute atomic E-state index is 0.0381. The highest BCUT2D eigenvalue weighted by Crippen LogP contribution is 2.32. The van der Waals surface area contributed by atoms with Gasteiger partial charge in [0.15, 0.2) is 5.65 Å². The van der Waals surface area contributed by atoms with Gasteiger partial charge in [0.1, 0.15) is 11.6 Å². The average molecular weight is 555 g/mol. The van der Waals surface area contributed by atoms with E-state index in [0.717, 1.165) is 64.6 Å². The number of rotatable bonds is 7. The summed E-state index contributed by atoms with van der Waals surface area (Å²) >= 11 is 9.52. The molecule has 1 unspecified atom stereocenters. The van der Waals surface area contributed by atoms with Crippen molar-refractivity contribution in [3.63, 3.8) is 0 Å². The smallest absolute Gasteiger partial charge is 0.171 e. The summed E-state index contributed by atoms with van der Waals surface area (Å²) in [6.45, 7) is 6.54. The molecule has 0 radical (unpaired) electrons. The number of pyridine rings is 1. The number of piperidine rings is 1. The molecule has 4 aromatic rings. The first kappa shape index (κ1) is 23.4. The van der Waals surface area contributed by atoms with E-state index in [4.69, 9.17) is 16.6 Å². The highest BCUT2D eigenvalue weighted by Gasteiger charge is 2.25. The number of hydrogen-bond donors (Lipinski definition) is 3. The van der Waals surface area contributed by atoms with Crippen LogP contribution in [0.5, 0.6) is 5.75 Å². The Labute approximate surface area is 216 Å². The van der Waals surface area contributed by atoms with Crippen LogP contribution in [-0.4, -0.2) is 42.7 Å². The fraction of sp³-hybridized carbons (Fsp3) is 0.240. The van der Waals surface area contributed by atoms with Crippen LogP contribution in [0.1, 0.15) is 30.0 Å². The van der Waals surface area contributed by atoms with Crippen molar-refractivity contribution in [3.05, 3.63) is 88.1 Å². The monoisotopic (exact) mass is 553 g/mol. The number of aromatic nitrogens is 4. The summed E-state index contributed by atoms with van der Waals surface area (Å²) in [5, 5.41) is 21.5. The van der Waals surface area contributed by atoms with Gasteiger partial charge in [-0.15, -0.1) is 0 Å². The summed E-state index contributed by atoms with van der Waals surface area (Å²) in [6.07, 6.45) is 7.43. The number of nitrogens with zero attached hydrogens (tertiary/aromatic N) is 5. The van der Waals surface area contributed by atoms with Crippen molar-refractivity contribution in [2.24, 2.45) is 0 Å². The molecule has 0 spiro atoms. The van der Waals surface area contributed by atoms with Gasteiger partial charge in [-0.1, -0.05) is 24.2 Å². The molecule has 3 aromatic heterocycles. The third-order valence-corrected chi connectivity index (χ3v) is 6.98. The Kier molecular flexibility index (Phi) is 6.79. The summed E-state index contributed by atoms with van der Waals surface area (Å²) < 4.78 is 2.67. The molecule has 180 valence electrons. The van der Waals surface area contributed by atoms with Crippen LogP contribution in [0, 0.1) is 0 Å². The topological polar surface area (TPSA) is 90.6 Å². The first-order valence-corrected chi connectivity index (χ1v) is 12.5. The quantitative estimate of drug-likeness (QED) is 0.273. The van der Waals surface area contributed by atoms with E-state index < -0.39 is 0 Å². The minimum atomic E-state index is 0.0381. The van der Waals surface area contributed by atoms with E-state index in [0.29, 0.717) is 11.6 Å². The Balaban J connectivity index is 1.35. The van der Waals surface area contributed by atoms with E-state index in [1.165, 1.54) is 0 Å². The Morgan fingerprint density at radius 1 is 1.26 bits per heavy atom. The molecular weight excluding hydrogens is 530 g/mol. The lowest BCUT2D eigenvalue weighted by Crippen LogP contribution is -2.36. The number of aromatic hydroxyl groups is 1.